The Labute approximate surface area is 216 Å². The van der Waals surface area contributed by atoms with Gasteiger partial charge < -0.3 is 25.3 Å². The van der Waals surface area contributed by atoms with Crippen molar-refractivity contribution < 1.29 is 27.8 Å². The first-order valence-corrected chi connectivity index (χ1v) is 12.0. The molecule has 1 atom stereocenters. The van der Waals surface area contributed by atoms with Crippen LogP contribution in [0.15, 0.2) is 36.5 Å². The van der Waals surface area contributed by atoms with E-state index in [0.29, 0.717) is 36.5 Å². The summed E-state index contributed by atoms with van der Waals surface area (Å²) in [5.74, 6) is -2.03. The summed E-state index contributed by atoms with van der Waals surface area (Å²) in [6.45, 7) is 2.53. The summed E-state index contributed by atoms with van der Waals surface area (Å²) in [6.07, 6.45) is 2.80. The molecule has 0 bridgehead atoms. The lowest BCUT2D eigenvalue weighted by Crippen LogP contribution is -2.29. The van der Waals surface area contributed by atoms with Crippen molar-refractivity contribution in [2.24, 2.45) is 0 Å². The molecule has 3 aromatic heterocycles. The summed E-state index contributed by atoms with van der Waals surface area (Å²) in [4.78, 5) is 21.9. The van der Waals surface area contributed by atoms with Crippen LogP contribution in [0.4, 0.5) is 14.7 Å². The molecule has 1 aromatic carbocycles. The number of nitrogens with zero attached hydrogens (tertiary/aromatic N) is 4. The normalized spacial score (nSPS) is 15.4. The van der Waals surface area contributed by atoms with Crippen molar-refractivity contribution in [3.63, 3.8) is 0 Å². The molecule has 4 heterocycles. The van der Waals surface area contributed by atoms with Gasteiger partial charge in [0.15, 0.2) is 17.2 Å². The van der Waals surface area contributed by atoms with Gasteiger partial charge >= 0.3 is 0 Å². The Morgan fingerprint density at radius 2 is 2.11 bits per heavy atom. The van der Waals surface area contributed by atoms with Gasteiger partial charge in [-0.05, 0) is 49.6 Å². The second-order valence-corrected chi connectivity index (χ2v) is 8.88. The maximum Gasteiger partial charge on any atom is 0.257 e. The fraction of sp³-hybridized carbons (Fsp3) is 0.308. The molecule has 1 aliphatic heterocycles. The fourth-order valence-corrected chi connectivity index (χ4v) is 4.38. The number of nitrogens with one attached hydrogen (secondary N) is 1. The Kier molecular flexibility index (Phi) is 7.05. The monoisotopic (exact) mass is 524 g/mol. The highest BCUT2D eigenvalue weighted by Crippen LogP contribution is 2.30. The molecule has 38 heavy (non-hydrogen) atoms. The molecular weight excluding hydrogens is 498 g/mol. The number of rotatable bonds is 7. The van der Waals surface area contributed by atoms with E-state index in [2.05, 4.69) is 20.4 Å². The molecule has 4 aromatic rings. The summed E-state index contributed by atoms with van der Waals surface area (Å²) < 4.78 is 46.8. The van der Waals surface area contributed by atoms with Crippen molar-refractivity contribution in [1.29, 1.82) is 0 Å². The van der Waals surface area contributed by atoms with Gasteiger partial charge in [-0.15, -0.1) is 5.10 Å². The van der Waals surface area contributed by atoms with Crippen LogP contribution >= 0.6 is 0 Å². The summed E-state index contributed by atoms with van der Waals surface area (Å²) in [5, 5.41) is 6.77. The SMILES string of the molecule is COc1nc(C)c(-c2ccn3nc(N)nc3c2)cc1C(=O)NCc1cc(F)cc(F)c1OC1CCCOC1. The third-order valence-electron chi connectivity index (χ3n) is 6.21. The number of carbonyl (C=O) groups is 1. The van der Waals surface area contributed by atoms with Gasteiger partial charge in [0.05, 0.1) is 13.7 Å². The molecule has 198 valence electrons. The molecule has 1 unspecified atom stereocenters. The molecule has 0 saturated carbocycles. The van der Waals surface area contributed by atoms with E-state index in [1.165, 1.54) is 11.6 Å². The van der Waals surface area contributed by atoms with Crippen LogP contribution in [0.25, 0.3) is 16.8 Å². The molecular formula is C26H26F2N6O4. The first-order chi connectivity index (χ1) is 18.3. The molecule has 5 rings (SSSR count). The number of amides is 1. The van der Waals surface area contributed by atoms with E-state index in [4.69, 9.17) is 19.9 Å². The van der Waals surface area contributed by atoms with Crippen LogP contribution in [0.5, 0.6) is 11.6 Å². The molecule has 3 N–H and O–H groups in total. The van der Waals surface area contributed by atoms with Crippen molar-refractivity contribution in [2.75, 3.05) is 26.1 Å². The van der Waals surface area contributed by atoms with Gasteiger partial charge in [-0.2, -0.15) is 4.98 Å². The minimum atomic E-state index is -0.846. The lowest BCUT2D eigenvalue weighted by atomic mass is 10.0. The quantitative estimate of drug-likeness (QED) is 0.377. The Balaban J connectivity index is 1.42. The maximum atomic E-state index is 14.7. The van der Waals surface area contributed by atoms with E-state index in [0.717, 1.165) is 24.1 Å². The molecule has 1 saturated heterocycles. The minimum absolute atomic E-state index is 0.109. The van der Waals surface area contributed by atoms with Crippen LogP contribution in [0, 0.1) is 18.6 Å². The number of carbonyl (C=O) groups excluding carboxylic acids is 1. The molecule has 0 aliphatic carbocycles. The third-order valence-corrected chi connectivity index (χ3v) is 6.21. The number of nitrogens with two attached hydrogens (primary N) is 1. The van der Waals surface area contributed by atoms with Crippen LogP contribution in [0.3, 0.4) is 0 Å². The lowest BCUT2D eigenvalue weighted by Gasteiger charge is -2.25. The second kappa shape index (κ2) is 10.6. The fourth-order valence-electron chi connectivity index (χ4n) is 4.38. The number of aromatic nitrogens is 4. The number of ether oxygens (including phenoxy) is 3. The highest BCUT2D eigenvalue weighted by molar-refractivity contribution is 5.97. The van der Waals surface area contributed by atoms with Gasteiger partial charge in [-0.3, -0.25) is 4.79 Å². The van der Waals surface area contributed by atoms with Crippen LogP contribution in [-0.4, -0.2) is 51.9 Å². The number of pyridine rings is 2. The van der Waals surface area contributed by atoms with E-state index >= 15 is 0 Å². The van der Waals surface area contributed by atoms with Crippen molar-refractivity contribution >= 4 is 17.5 Å². The number of hydrogen-bond donors (Lipinski definition) is 2. The van der Waals surface area contributed by atoms with Gasteiger partial charge in [0, 0.05) is 42.2 Å². The van der Waals surface area contributed by atoms with Crippen LogP contribution in [0.1, 0.15) is 34.5 Å². The van der Waals surface area contributed by atoms with Crippen LogP contribution < -0.4 is 20.5 Å². The Morgan fingerprint density at radius 3 is 2.87 bits per heavy atom. The van der Waals surface area contributed by atoms with Crippen molar-refractivity contribution in [2.45, 2.75) is 32.4 Å². The molecule has 0 radical (unpaired) electrons. The zero-order chi connectivity index (χ0) is 26.8. The average molecular weight is 525 g/mol. The zero-order valence-corrected chi connectivity index (χ0v) is 20.8. The van der Waals surface area contributed by atoms with Crippen molar-refractivity contribution in [3.8, 4) is 22.8 Å². The van der Waals surface area contributed by atoms with E-state index < -0.39 is 17.5 Å². The number of benzene rings is 1. The van der Waals surface area contributed by atoms with E-state index in [1.807, 2.05) is 0 Å². The minimum Gasteiger partial charge on any atom is -0.485 e. The molecule has 1 amide bonds. The number of fused-ring (bicyclic) bond motifs is 1. The smallest absolute Gasteiger partial charge is 0.257 e. The topological polar surface area (TPSA) is 126 Å². The average Bonchev–Trinajstić information content (AvgIpc) is 3.28. The van der Waals surface area contributed by atoms with Crippen LogP contribution in [-0.2, 0) is 11.3 Å². The van der Waals surface area contributed by atoms with Crippen molar-refractivity contribution in [1.82, 2.24) is 24.9 Å². The van der Waals surface area contributed by atoms with Crippen LogP contribution in [0.2, 0.25) is 0 Å². The van der Waals surface area contributed by atoms with Gasteiger partial charge in [0.2, 0.25) is 11.8 Å². The Bertz CT molecular complexity index is 1500. The summed E-state index contributed by atoms with van der Waals surface area (Å²) >= 11 is 0. The summed E-state index contributed by atoms with van der Waals surface area (Å²) in [5.41, 5.74) is 8.55. The lowest BCUT2D eigenvalue weighted by molar-refractivity contribution is 0.00537. The number of halogens is 2. The second-order valence-electron chi connectivity index (χ2n) is 8.88. The molecule has 10 nitrogen and oxygen atoms in total. The summed E-state index contributed by atoms with van der Waals surface area (Å²) in [7, 11) is 1.41. The molecule has 12 heteroatoms. The number of hydrogen-bond acceptors (Lipinski definition) is 8. The predicted molar refractivity (Wildman–Crippen MR) is 134 cm³/mol. The van der Waals surface area contributed by atoms with Gasteiger partial charge in [0.1, 0.15) is 17.5 Å². The van der Waals surface area contributed by atoms with E-state index in [9.17, 15) is 13.6 Å². The first kappa shape index (κ1) is 25.3. The Morgan fingerprint density at radius 1 is 1.26 bits per heavy atom. The number of aryl methyl sites for hydroxylation is 1. The maximum absolute atomic E-state index is 14.7. The molecule has 1 fully saturated rings. The van der Waals surface area contributed by atoms with E-state index in [1.54, 1.807) is 31.3 Å². The highest BCUT2D eigenvalue weighted by Gasteiger charge is 2.23. The molecule has 1 aliphatic rings. The highest BCUT2D eigenvalue weighted by atomic mass is 19.1. The molecule has 0 spiro atoms. The third kappa shape index (κ3) is 5.21. The number of methoxy groups -OCH3 is 1. The van der Waals surface area contributed by atoms with Gasteiger partial charge in [-0.25, -0.2) is 18.3 Å². The largest absolute Gasteiger partial charge is 0.485 e. The van der Waals surface area contributed by atoms with Crippen molar-refractivity contribution in [3.05, 3.63) is 65.0 Å². The van der Waals surface area contributed by atoms with E-state index in [-0.39, 0.29) is 41.4 Å². The van der Waals surface area contributed by atoms with Gasteiger partial charge in [-0.1, -0.05) is 0 Å². The van der Waals surface area contributed by atoms with Gasteiger partial charge in [0.25, 0.3) is 5.91 Å². The summed E-state index contributed by atoms with van der Waals surface area (Å²) in [6, 6.07) is 7.11. The number of nitrogen functional groups attached to an aromatic ring is 1. The predicted octanol–water partition coefficient (Wildman–Crippen LogP) is 3.46. The standard InChI is InChI=1S/C26H26F2N6O4/c1-14-19(15-5-6-34-22(9-15)32-26(29)33-34)11-20(25(31-14)36-2)24(35)30-12-16-8-17(27)10-21(28)23(16)38-18-4-3-7-37-13-18/h5-6,8-11,18H,3-4,7,12-13H2,1-2H3,(H2,29,33)(H,30,35). The number of anilines is 1. The first-order valence-electron chi connectivity index (χ1n) is 12.0. The zero-order valence-electron chi connectivity index (χ0n) is 20.8. The Hall–Kier alpha value is -4.32.